The van der Waals surface area contributed by atoms with E-state index in [0.717, 1.165) is 58.3 Å². The van der Waals surface area contributed by atoms with Crippen LogP contribution in [0.25, 0.3) is 0 Å². The molecule has 184 valence electrons. The smallest absolute Gasteiger partial charge is 0.247 e. The van der Waals surface area contributed by atoms with Crippen LogP contribution in [0.2, 0.25) is 0 Å². The lowest BCUT2D eigenvalue weighted by Gasteiger charge is -2.28. The highest BCUT2D eigenvalue weighted by Gasteiger charge is 2.34. The molecule has 0 aliphatic heterocycles. The molecule has 0 saturated carbocycles. The van der Waals surface area contributed by atoms with Gasteiger partial charge in [0.25, 0.3) is 0 Å². The number of anilines is 4. The van der Waals surface area contributed by atoms with Gasteiger partial charge in [-0.15, -0.1) is 0 Å². The first-order valence-electron chi connectivity index (χ1n) is 10.1. The Kier molecular flexibility index (Phi) is 6.55. The maximum absolute atomic E-state index is 13.9. The quantitative estimate of drug-likeness (QED) is 0.301. The van der Waals surface area contributed by atoms with Gasteiger partial charge in [-0.1, -0.05) is 0 Å². The van der Waals surface area contributed by atoms with Crippen LogP contribution in [0.3, 0.4) is 0 Å². The summed E-state index contributed by atoms with van der Waals surface area (Å²) < 4.78 is 78.5. The minimum absolute atomic E-state index is 0.0351. The van der Waals surface area contributed by atoms with Crippen LogP contribution in [0.4, 0.5) is 54.4 Å². The van der Waals surface area contributed by atoms with Crippen LogP contribution in [0.1, 0.15) is 11.1 Å². The van der Waals surface area contributed by atoms with Crippen molar-refractivity contribution in [2.24, 2.45) is 0 Å². The number of urea groups is 1. The lowest BCUT2D eigenvalue weighted by Crippen LogP contribution is -2.40. The van der Waals surface area contributed by atoms with Gasteiger partial charge in [0.05, 0.1) is 22.5 Å². The number of hydrogen-bond acceptors (Lipinski definition) is 5. The Labute approximate surface area is 199 Å². The van der Waals surface area contributed by atoms with E-state index >= 15 is 0 Å². The first-order valence-corrected chi connectivity index (χ1v) is 10.1. The minimum atomic E-state index is -4.61. The first-order chi connectivity index (χ1) is 17.1. The molecule has 0 fully saturated rings. The number of carbonyl (C=O) groups is 1. The number of alkyl halides is 6. The molecule has 2 aromatic heterocycles. The van der Waals surface area contributed by atoms with Gasteiger partial charge in [0.2, 0.25) is 11.9 Å². The topological polar surface area (TPSA) is 75.1 Å². The van der Waals surface area contributed by atoms with E-state index in [-0.39, 0.29) is 23.3 Å². The van der Waals surface area contributed by atoms with Gasteiger partial charge in [0.15, 0.2) is 0 Å². The second-order valence-electron chi connectivity index (χ2n) is 7.14. The molecule has 0 atom stereocenters. The minimum Gasteiger partial charge on any atom is -0.247 e. The molecule has 0 radical (unpaired) electrons. The van der Waals surface area contributed by atoms with Crippen LogP contribution in [0, 0.1) is 0 Å². The molecular weight excluding hydrogens is 490 g/mol. The summed E-state index contributed by atoms with van der Waals surface area (Å²) in [5.74, 6) is -0.398. The largest absolute Gasteiger partial charge is 0.416 e. The fourth-order valence-electron chi connectivity index (χ4n) is 3.14. The zero-order valence-electron chi connectivity index (χ0n) is 17.9. The summed E-state index contributed by atoms with van der Waals surface area (Å²) >= 11 is 0. The average Bonchev–Trinajstić information content (AvgIpc) is 2.85. The van der Waals surface area contributed by atoms with Crippen molar-refractivity contribution in [3.63, 3.8) is 0 Å². The summed E-state index contributed by atoms with van der Waals surface area (Å²) in [5, 5.41) is 0. The maximum atomic E-state index is 13.9. The molecule has 36 heavy (non-hydrogen) atoms. The third kappa shape index (κ3) is 5.24. The lowest BCUT2D eigenvalue weighted by molar-refractivity contribution is -0.138. The Morgan fingerprint density at radius 2 is 0.861 bits per heavy atom. The van der Waals surface area contributed by atoms with E-state index in [2.05, 4.69) is 19.9 Å². The van der Waals surface area contributed by atoms with Gasteiger partial charge < -0.3 is 0 Å². The monoisotopic (exact) mass is 504 g/mol. The third-order valence-corrected chi connectivity index (χ3v) is 4.79. The molecule has 2 heterocycles. The van der Waals surface area contributed by atoms with Crippen LogP contribution >= 0.6 is 0 Å². The number of amides is 2. The van der Waals surface area contributed by atoms with Crippen molar-refractivity contribution in [3.8, 4) is 0 Å². The van der Waals surface area contributed by atoms with Crippen molar-refractivity contribution in [2.45, 2.75) is 12.4 Å². The zero-order valence-corrected chi connectivity index (χ0v) is 17.9. The van der Waals surface area contributed by atoms with Crippen LogP contribution in [-0.4, -0.2) is 26.0 Å². The van der Waals surface area contributed by atoms with Gasteiger partial charge in [0.1, 0.15) is 0 Å². The van der Waals surface area contributed by atoms with Crippen molar-refractivity contribution < 1.29 is 31.1 Å². The summed E-state index contributed by atoms with van der Waals surface area (Å²) in [5.41, 5.74) is -1.96. The van der Waals surface area contributed by atoms with Gasteiger partial charge in [-0.2, -0.15) is 26.3 Å². The molecule has 0 unspecified atom stereocenters. The summed E-state index contributed by atoms with van der Waals surface area (Å²) in [7, 11) is 0. The highest BCUT2D eigenvalue weighted by Crippen LogP contribution is 2.35. The van der Waals surface area contributed by atoms with Gasteiger partial charge in [-0.3, -0.25) is 0 Å². The number of benzene rings is 2. The van der Waals surface area contributed by atoms with Crippen LogP contribution in [-0.2, 0) is 12.4 Å². The number of nitrogens with zero attached hydrogens (tertiary/aromatic N) is 6. The average molecular weight is 504 g/mol. The second kappa shape index (κ2) is 9.60. The number of rotatable bonds is 4. The molecule has 0 saturated heterocycles. The van der Waals surface area contributed by atoms with Crippen LogP contribution < -0.4 is 9.80 Å². The molecule has 4 aromatic rings. The van der Waals surface area contributed by atoms with E-state index in [4.69, 9.17) is 0 Å². The second-order valence-corrected chi connectivity index (χ2v) is 7.14. The highest BCUT2D eigenvalue weighted by molar-refractivity contribution is 6.10. The van der Waals surface area contributed by atoms with E-state index in [1.807, 2.05) is 0 Å². The lowest BCUT2D eigenvalue weighted by atomic mass is 10.2. The fraction of sp³-hybridized carbons (Fsp3) is 0.0870. The number of aromatic nitrogens is 4. The van der Waals surface area contributed by atoms with Crippen molar-refractivity contribution in [1.82, 2.24) is 19.9 Å². The van der Waals surface area contributed by atoms with Gasteiger partial charge >= 0.3 is 18.4 Å². The molecule has 7 nitrogen and oxygen atoms in total. The van der Waals surface area contributed by atoms with Gasteiger partial charge in [-0.05, 0) is 60.7 Å². The summed E-state index contributed by atoms with van der Waals surface area (Å²) in [6, 6.07) is 9.29. The first kappa shape index (κ1) is 24.6. The van der Waals surface area contributed by atoms with E-state index in [0.29, 0.717) is 0 Å². The number of hydrogen-bond donors (Lipinski definition) is 0. The van der Waals surface area contributed by atoms with E-state index in [1.54, 1.807) is 0 Å². The molecule has 0 aliphatic carbocycles. The van der Waals surface area contributed by atoms with Crippen molar-refractivity contribution in [1.29, 1.82) is 0 Å². The molecule has 0 bridgehead atoms. The third-order valence-electron chi connectivity index (χ3n) is 4.79. The van der Waals surface area contributed by atoms with E-state index in [1.165, 1.54) is 36.9 Å². The molecule has 2 aromatic carbocycles. The number of halogens is 6. The van der Waals surface area contributed by atoms with E-state index in [9.17, 15) is 31.1 Å². The summed E-state index contributed by atoms with van der Waals surface area (Å²) in [6.45, 7) is 0. The highest BCUT2D eigenvalue weighted by atomic mass is 19.4. The molecule has 0 spiro atoms. The van der Waals surface area contributed by atoms with Crippen molar-refractivity contribution >= 4 is 29.3 Å². The summed E-state index contributed by atoms with van der Waals surface area (Å²) in [6.07, 6.45) is -3.97. The molecule has 13 heteroatoms. The van der Waals surface area contributed by atoms with Crippen LogP contribution in [0.15, 0.2) is 85.5 Å². The van der Waals surface area contributed by atoms with Crippen LogP contribution in [0.5, 0.6) is 0 Å². The fourth-order valence-corrected chi connectivity index (χ4v) is 3.14. The van der Waals surface area contributed by atoms with E-state index < -0.39 is 29.5 Å². The predicted molar refractivity (Wildman–Crippen MR) is 117 cm³/mol. The predicted octanol–water partition coefficient (Wildman–Crippen LogP) is 6.40. The Balaban J connectivity index is 1.83. The SMILES string of the molecule is O=C(N(c1ccc(C(F)(F)F)cc1)c1ncccn1)N(c1ccc(C(F)(F)F)cc1)c1ncccn1. The normalized spacial score (nSPS) is 11.7. The molecular formula is C23H14F6N6O. The molecule has 0 aliphatic rings. The molecule has 2 amide bonds. The van der Waals surface area contributed by atoms with Gasteiger partial charge in [0, 0.05) is 24.8 Å². The Hall–Kier alpha value is -4.55. The zero-order chi connectivity index (χ0) is 25.9. The number of carbonyl (C=O) groups excluding carboxylic acids is 1. The summed E-state index contributed by atoms with van der Waals surface area (Å²) in [4.78, 5) is 31.7. The Bertz CT molecular complexity index is 1210. The van der Waals surface area contributed by atoms with Crippen molar-refractivity contribution in [3.05, 3.63) is 96.6 Å². The van der Waals surface area contributed by atoms with Crippen molar-refractivity contribution in [2.75, 3.05) is 9.80 Å². The standard InChI is InChI=1S/C23H14F6N6O/c24-22(25,26)15-3-7-17(8-4-15)34(19-30-11-1-12-31-19)21(36)35(20-32-13-2-14-33-20)18-9-5-16(6-10-18)23(27,28)29/h1-14H. The maximum Gasteiger partial charge on any atom is 0.416 e. The Morgan fingerprint density at radius 3 is 1.14 bits per heavy atom. The van der Waals surface area contributed by atoms with Gasteiger partial charge in [-0.25, -0.2) is 34.5 Å². The molecule has 0 N–H and O–H groups in total. The molecule has 4 rings (SSSR count). The Morgan fingerprint density at radius 1 is 0.556 bits per heavy atom.